The van der Waals surface area contributed by atoms with E-state index < -0.39 is 9.84 Å². The zero-order chi connectivity index (χ0) is 19.3. The number of hydrogen-bond acceptors (Lipinski definition) is 5. The second-order valence-electron chi connectivity index (χ2n) is 6.88. The van der Waals surface area contributed by atoms with Crippen LogP contribution >= 0.6 is 0 Å². The van der Waals surface area contributed by atoms with Crippen LogP contribution in [0.2, 0.25) is 0 Å². The highest BCUT2D eigenvalue weighted by molar-refractivity contribution is 7.92. The largest absolute Gasteiger partial charge is 0.493 e. The molecular formula is C19H29NO5S. The predicted octanol–water partition coefficient (Wildman–Crippen LogP) is 2.94. The van der Waals surface area contributed by atoms with Crippen molar-refractivity contribution in [1.82, 2.24) is 5.32 Å². The second kappa shape index (κ2) is 8.75. The lowest BCUT2D eigenvalue weighted by atomic mass is 10.0. The molecule has 146 valence electrons. The van der Waals surface area contributed by atoms with E-state index in [9.17, 15) is 13.2 Å². The molecule has 0 spiro atoms. The fourth-order valence-corrected chi connectivity index (χ4v) is 5.36. The Morgan fingerprint density at radius 2 is 1.77 bits per heavy atom. The van der Waals surface area contributed by atoms with Gasteiger partial charge in [-0.25, -0.2) is 8.42 Å². The van der Waals surface area contributed by atoms with Crippen molar-refractivity contribution in [3.8, 4) is 11.5 Å². The summed E-state index contributed by atoms with van der Waals surface area (Å²) in [6.07, 6.45) is 3.38. The monoisotopic (exact) mass is 383 g/mol. The average molecular weight is 384 g/mol. The first-order valence-electron chi connectivity index (χ1n) is 9.02. The molecule has 1 aromatic rings. The van der Waals surface area contributed by atoms with Crippen LogP contribution in [-0.2, 0) is 14.6 Å². The highest BCUT2D eigenvalue weighted by Crippen LogP contribution is 2.33. The van der Waals surface area contributed by atoms with Gasteiger partial charge in [-0.3, -0.25) is 4.79 Å². The van der Waals surface area contributed by atoms with E-state index in [0.29, 0.717) is 11.5 Å². The van der Waals surface area contributed by atoms with Crippen LogP contribution in [0.3, 0.4) is 0 Å². The van der Waals surface area contributed by atoms with Crippen LogP contribution < -0.4 is 14.8 Å². The molecule has 1 atom stereocenters. The zero-order valence-corrected chi connectivity index (χ0v) is 16.8. The number of hydrogen-bond donors (Lipinski definition) is 1. The Morgan fingerprint density at radius 3 is 2.35 bits per heavy atom. The van der Waals surface area contributed by atoms with E-state index in [4.69, 9.17) is 9.47 Å². The number of methoxy groups -OCH3 is 2. The van der Waals surface area contributed by atoms with Crippen LogP contribution in [0.5, 0.6) is 11.5 Å². The summed E-state index contributed by atoms with van der Waals surface area (Å²) in [5.74, 6) is 0.891. The third kappa shape index (κ3) is 4.90. The van der Waals surface area contributed by atoms with Crippen molar-refractivity contribution >= 4 is 15.7 Å². The topological polar surface area (TPSA) is 81.7 Å². The van der Waals surface area contributed by atoms with Gasteiger partial charge in [0.25, 0.3) is 0 Å². The van der Waals surface area contributed by atoms with Gasteiger partial charge in [-0.1, -0.05) is 12.8 Å². The van der Waals surface area contributed by atoms with Crippen LogP contribution in [0.1, 0.15) is 56.2 Å². The van der Waals surface area contributed by atoms with Crippen molar-refractivity contribution in [2.24, 2.45) is 0 Å². The summed E-state index contributed by atoms with van der Waals surface area (Å²) < 4.78 is 35.2. The highest BCUT2D eigenvalue weighted by atomic mass is 32.2. The molecule has 1 aliphatic carbocycles. The number of carbonyl (C=O) groups is 1. The third-order valence-corrected chi connectivity index (χ3v) is 7.30. The van der Waals surface area contributed by atoms with Crippen LogP contribution in [0.4, 0.5) is 0 Å². The summed E-state index contributed by atoms with van der Waals surface area (Å²) in [6, 6.07) is 3.45. The molecule has 1 aliphatic rings. The van der Waals surface area contributed by atoms with Crippen molar-refractivity contribution in [1.29, 1.82) is 0 Å². The first-order valence-corrected chi connectivity index (χ1v) is 10.7. The van der Waals surface area contributed by atoms with Gasteiger partial charge in [0, 0.05) is 6.42 Å². The van der Waals surface area contributed by atoms with Crippen molar-refractivity contribution in [3.05, 3.63) is 23.3 Å². The number of benzene rings is 1. The van der Waals surface area contributed by atoms with Crippen molar-refractivity contribution < 1.29 is 22.7 Å². The molecule has 1 N–H and O–H groups in total. The van der Waals surface area contributed by atoms with E-state index in [1.807, 2.05) is 26.0 Å². The first kappa shape index (κ1) is 20.6. The maximum atomic E-state index is 12.3. The molecule has 0 aliphatic heterocycles. The third-order valence-electron chi connectivity index (χ3n) is 5.04. The van der Waals surface area contributed by atoms with Crippen molar-refractivity contribution in [2.75, 3.05) is 20.0 Å². The predicted molar refractivity (Wildman–Crippen MR) is 102 cm³/mol. The molecule has 6 nitrogen and oxygen atoms in total. The number of nitrogens with one attached hydrogen (secondary N) is 1. The maximum Gasteiger partial charge on any atom is 0.221 e. The SMILES string of the molecule is COc1cc(C)c(C(C)NC(=O)CCS(=O)(=O)C2CCCC2)cc1OC. The van der Waals surface area contributed by atoms with Crippen LogP contribution in [0.15, 0.2) is 12.1 Å². The van der Waals surface area contributed by atoms with Gasteiger partial charge in [-0.05, 0) is 49.9 Å². The number of carbonyl (C=O) groups excluding carboxylic acids is 1. The van der Waals surface area contributed by atoms with Gasteiger partial charge in [0.2, 0.25) is 5.91 Å². The minimum atomic E-state index is -3.18. The van der Waals surface area contributed by atoms with E-state index in [1.54, 1.807) is 14.2 Å². The molecule has 0 radical (unpaired) electrons. The van der Waals surface area contributed by atoms with Gasteiger partial charge in [0.15, 0.2) is 21.3 Å². The molecule has 26 heavy (non-hydrogen) atoms. The van der Waals surface area contributed by atoms with Crippen LogP contribution in [0.25, 0.3) is 0 Å². The lowest BCUT2D eigenvalue weighted by Crippen LogP contribution is -2.30. The molecule has 0 aromatic heterocycles. The maximum absolute atomic E-state index is 12.3. The van der Waals surface area contributed by atoms with E-state index in [2.05, 4.69) is 5.32 Å². The summed E-state index contributed by atoms with van der Waals surface area (Å²) in [4.78, 5) is 12.2. The van der Waals surface area contributed by atoms with Crippen LogP contribution in [0, 0.1) is 6.92 Å². The van der Waals surface area contributed by atoms with Crippen molar-refractivity contribution in [3.63, 3.8) is 0 Å². The molecule has 1 amide bonds. The quantitative estimate of drug-likeness (QED) is 0.746. The molecule has 0 bridgehead atoms. The highest BCUT2D eigenvalue weighted by Gasteiger charge is 2.29. The Bertz CT molecular complexity index is 739. The fraction of sp³-hybridized carbons (Fsp3) is 0.632. The Labute approximate surface area is 156 Å². The Kier molecular flexibility index (Phi) is 6.92. The van der Waals surface area contributed by atoms with Gasteiger partial charge in [0.05, 0.1) is 31.3 Å². The lowest BCUT2D eigenvalue weighted by molar-refractivity contribution is -0.121. The smallest absolute Gasteiger partial charge is 0.221 e. The minimum absolute atomic E-state index is 0.00445. The molecule has 1 unspecified atom stereocenters. The minimum Gasteiger partial charge on any atom is -0.493 e. The molecule has 7 heteroatoms. The summed E-state index contributed by atoms with van der Waals surface area (Å²) in [5.41, 5.74) is 1.88. The van der Waals surface area contributed by atoms with Crippen molar-refractivity contribution in [2.45, 2.75) is 57.2 Å². The zero-order valence-electron chi connectivity index (χ0n) is 16.0. The second-order valence-corrected chi connectivity index (χ2v) is 9.28. The van der Waals surface area contributed by atoms with E-state index in [-0.39, 0.29) is 29.4 Å². The Morgan fingerprint density at radius 1 is 1.19 bits per heavy atom. The standard InChI is InChI=1S/C19H29NO5S/c1-13-11-17(24-3)18(25-4)12-16(13)14(2)20-19(21)9-10-26(22,23)15-7-5-6-8-15/h11-12,14-15H,5-10H2,1-4H3,(H,20,21). The van der Waals surface area contributed by atoms with E-state index >= 15 is 0 Å². The molecule has 1 fully saturated rings. The number of aryl methyl sites for hydroxylation is 1. The van der Waals surface area contributed by atoms with Gasteiger partial charge in [0.1, 0.15) is 0 Å². The summed E-state index contributed by atoms with van der Waals surface area (Å²) in [6.45, 7) is 3.81. The number of ether oxygens (including phenoxy) is 2. The van der Waals surface area contributed by atoms with Gasteiger partial charge < -0.3 is 14.8 Å². The van der Waals surface area contributed by atoms with E-state index in [0.717, 1.165) is 36.8 Å². The lowest BCUT2D eigenvalue weighted by Gasteiger charge is -2.19. The molecule has 1 saturated carbocycles. The molecule has 0 saturated heterocycles. The first-order chi connectivity index (χ1) is 12.3. The Hall–Kier alpha value is -1.76. The van der Waals surface area contributed by atoms with Gasteiger partial charge in [-0.2, -0.15) is 0 Å². The van der Waals surface area contributed by atoms with E-state index in [1.165, 1.54) is 0 Å². The van der Waals surface area contributed by atoms with Gasteiger partial charge >= 0.3 is 0 Å². The number of rotatable bonds is 8. The summed E-state index contributed by atoms with van der Waals surface area (Å²) >= 11 is 0. The van der Waals surface area contributed by atoms with Gasteiger partial charge in [-0.15, -0.1) is 0 Å². The molecule has 2 rings (SSSR count). The number of amides is 1. The number of sulfone groups is 1. The fourth-order valence-electron chi connectivity index (χ4n) is 3.50. The normalized spacial score (nSPS) is 16.3. The average Bonchev–Trinajstić information content (AvgIpc) is 3.15. The molecule has 0 heterocycles. The Balaban J connectivity index is 1.98. The molecular weight excluding hydrogens is 354 g/mol. The van der Waals surface area contributed by atoms with Crippen LogP contribution in [-0.4, -0.2) is 39.5 Å². The molecule has 1 aromatic carbocycles. The summed E-state index contributed by atoms with van der Waals surface area (Å²) in [5, 5.41) is 2.63. The summed E-state index contributed by atoms with van der Waals surface area (Å²) in [7, 11) is -0.0408.